The molecule has 1 amide bonds. The Balaban J connectivity index is 2.19. The van der Waals surface area contributed by atoms with Gasteiger partial charge in [-0.15, -0.1) is 0 Å². The molecule has 2 aromatic rings. The van der Waals surface area contributed by atoms with E-state index in [9.17, 15) is 4.79 Å². The van der Waals surface area contributed by atoms with Crippen LogP contribution in [-0.4, -0.2) is 5.91 Å². The molecule has 0 bridgehead atoms. The van der Waals surface area contributed by atoms with Crippen molar-refractivity contribution in [3.05, 3.63) is 57.7 Å². The van der Waals surface area contributed by atoms with Gasteiger partial charge in [-0.25, -0.2) is 0 Å². The molecular formula is C13H12IN3O. The van der Waals surface area contributed by atoms with Gasteiger partial charge in [-0.1, -0.05) is 12.1 Å². The Labute approximate surface area is 119 Å². The number of carbonyl (C=O) groups excluding carboxylic acids is 1. The van der Waals surface area contributed by atoms with E-state index in [1.807, 2.05) is 30.3 Å². The van der Waals surface area contributed by atoms with Gasteiger partial charge in [0.15, 0.2) is 0 Å². The summed E-state index contributed by atoms with van der Waals surface area (Å²) in [5.74, 6) is 5.18. The van der Waals surface area contributed by atoms with Crippen molar-refractivity contribution in [2.24, 2.45) is 5.84 Å². The third-order valence-electron chi connectivity index (χ3n) is 2.43. The van der Waals surface area contributed by atoms with Crippen molar-refractivity contribution in [1.82, 2.24) is 0 Å². The summed E-state index contributed by atoms with van der Waals surface area (Å²) in [4.78, 5) is 12.1. The Hall–Kier alpha value is -1.60. The molecule has 5 heteroatoms. The molecular weight excluding hydrogens is 341 g/mol. The van der Waals surface area contributed by atoms with Gasteiger partial charge in [0.25, 0.3) is 5.91 Å². The summed E-state index contributed by atoms with van der Waals surface area (Å²) in [6.45, 7) is 0. The van der Waals surface area contributed by atoms with Crippen LogP contribution < -0.4 is 16.6 Å². The maximum absolute atomic E-state index is 12.1. The molecule has 2 rings (SSSR count). The van der Waals surface area contributed by atoms with Gasteiger partial charge in [-0.2, -0.15) is 0 Å². The van der Waals surface area contributed by atoms with E-state index in [4.69, 9.17) is 5.84 Å². The first-order valence-corrected chi connectivity index (χ1v) is 6.41. The number of para-hydroxylation sites is 1. The lowest BCUT2D eigenvalue weighted by atomic mass is 10.1. The lowest BCUT2D eigenvalue weighted by Crippen LogP contribution is -2.17. The van der Waals surface area contributed by atoms with Gasteiger partial charge in [0.1, 0.15) is 0 Å². The maximum atomic E-state index is 12.1. The van der Waals surface area contributed by atoms with Crippen LogP contribution in [0.1, 0.15) is 10.4 Å². The Kier molecular flexibility index (Phi) is 4.16. The summed E-state index contributed by atoms with van der Waals surface area (Å²) in [6, 6.07) is 14.7. The van der Waals surface area contributed by atoms with Gasteiger partial charge in [0.05, 0.1) is 11.3 Å². The molecule has 0 unspecified atom stereocenters. The van der Waals surface area contributed by atoms with Crippen LogP contribution in [0.25, 0.3) is 0 Å². The highest BCUT2D eigenvalue weighted by Gasteiger charge is 2.10. The van der Waals surface area contributed by atoms with Crippen molar-refractivity contribution in [3.8, 4) is 0 Å². The molecule has 4 nitrogen and oxygen atoms in total. The van der Waals surface area contributed by atoms with Crippen molar-refractivity contribution in [1.29, 1.82) is 0 Å². The van der Waals surface area contributed by atoms with Crippen LogP contribution in [-0.2, 0) is 0 Å². The van der Waals surface area contributed by atoms with Crippen LogP contribution in [0.15, 0.2) is 48.5 Å². The molecule has 18 heavy (non-hydrogen) atoms. The third-order valence-corrected chi connectivity index (χ3v) is 3.15. The van der Waals surface area contributed by atoms with E-state index in [1.165, 1.54) is 0 Å². The molecule has 0 fully saturated rings. The molecule has 0 aromatic heterocycles. The van der Waals surface area contributed by atoms with Crippen molar-refractivity contribution in [2.45, 2.75) is 0 Å². The molecule has 92 valence electrons. The highest BCUT2D eigenvalue weighted by atomic mass is 127. The summed E-state index contributed by atoms with van der Waals surface area (Å²) in [5, 5.41) is 2.82. The van der Waals surface area contributed by atoms with Gasteiger partial charge < -0.3 is 10.7 Å². The molecule has 0 radical (unpaired) electrons. The largest absolute Gasteiger partial charge is 0.323 e. The number of amides is 1. The van der Waals surface area contributed by atoms with E-state index < -0.39 is 0 Å². The van der Waals surface area contributed by atoms with E-state index in [0.29, 0.717) is 11.3 Å². The van der Waals surface area contributed by atoms with Crippen molar-refractivity contribution in [3.63, 3.8) is 0 Å². The van der Waals surface area contributed by atoms with Crippen LogP contribution >= 0.6 is 22.6 Å². The molecule has 0 atom stereocenters. The first-order chi connectivity index (χ1) is 8.70. The Morgan fingerprint density at radius 1 is 1.06 bits per heavy atom. The number of hydrogen-bond donors (Lipinski definition) is 3. The molecule has 0 saturated heterocycles. The quantitative estimate of drug-likeness (QED) is 0.452. The Morgan fingerprint density at radius 3 is 2.39 bits per heavy atom. The maximum Gasteiger partial charge on any atom is 0.257 e. The second-order valence-electron chi connectivity index (χ2n) is 3.65. The summed E-state index contributed by atoms with van der Waals surface area (Å²) in [7, 11) is 0. The van der Waals surface area contributed by atoms with Crippen molar-refractivity contribution < 1.29 is 4.79 Å². The number of nitrogens with two attached hydrogens (primary N) is 1. The average molecular weight is 353 g/mol. The lowest BCUT2D eigenvalue weighted by Gasteiger charge is -2.09. The predicted molar refractivity (Wildman–Crippen MR) is 81.4 cm³/mol. The fourth-order valence-electron chi connectivity index (χ4n) is 1.54. The Bertz CT molecular complexity index is 554. The highest BCUT2D eigenvalue weighted by Crippen LogP contribution is 2.17. The first kappa shape index (κ1) is 12.8. The second-order valence-corrected chi connectivity index (χ2v) is 4.90. The first-order valence-electron chi connectivity index (χ1n) is 5.33. The van der Waals surface area contributed by atoms with Crippen molar-refractivity contribution in [2.75, 3.05) is 10.7 Å². The number of benzene rings is 2. The molecule has 0 spiro atoms. The van der Waals surface area contributed by atoms with Crippen LogP contribution in [0.5, 0.6) is 0 Å². The van der Waals surface area contributed by atoms with Gasteiger partial charge >= 0.3 is 0 Å². The van der Waals surface area contributed by atoms with Gasteiger partial charge in [0.2, 0.25) is 0 Å². The average Bonchev–Trinajstić information content (AvgIpc) is 2.41. The zero-order chi connectivity index (χ0) is 13.0. The minimum atomic E-state index is -0.190. The minimum Gasteiger partial charge on any atom is -0.323 e. The summed E-state index contributed by atoms with van der Waals surface area (Å²) in [6.07, 6.45) is 0. The highest BCUT2D eigenvalue weighted by molar-refractivity contribution is 14.1. The zero-order valence-corrected chi connectivity index (χ0v) is 11.6. The number of hydrazine groups is 1. The number of halogens is 1. The summed E-state index contributed by atoms with van der Waals surface area (Å²) < 4.78 is 1.12. The Morgan fingerprint density at radius 2 is 1.72 bits per heavy atom. The SMILES string of the molecule is NNc1ccccc1C(=O)Nc1ccc(I)cc1. The van der Waals surface area contributed by atoms with Gasteiger partial charge in [-0.3, -0.25) is 10.6 Å². The zero-order valence-electron chi connectivity index (χ0n) is 9.48. The normalized spacial score (nSPS) is 9.89. The number of carbonyl (C=O) groups is 1. The fraction of sp³-hybridized carbons (Fsp3) is 0. The molecule has 0 saturated carbocycles. The molecule has 2 aromatic carbocycles. The van der Waals surface area contributed by atoms with Crippen LogP contribution in [0.4, 0.5) is 11.4 Å². The van der Waals surface area contributed by atoms with Crippen LogP contribution in [0.2, 0.25) is 0 Å². The number of hydrogen-bond acceptors (Lipinski definition) is 3. The number of nitrogens with one attached hydrogen (secondary N) is 2. The third kappa shape index (κ3) is 2.99. The standard InChI is InChI=1S/C13H12IN3O/c14-9-5-7-10(8-6-9)16-13(18)11-3-1-2-4-12(11)17-15/h1-8,17H,15H2,(H,16,18). The topological polar surface area (TPSA) is 67.1 Å². The molecule has 0 heterocycles. The number of rotatable bonds is 3. The predicted octanol–water partition coefficient (Wildman–Crippen LogP) is 2.83. The van der Waals surface area contributed by atoms with Gasteiger partial charge in [0, 0.05) is 9.26 Å². The van der Waals surface area contributed by atoms with E-state index in [1.54, 1.807) is 18.2 Å². The van der Waals surface area contributed by atoms with E-state index in [2.05, 4.69) is 33.3 Å². The molecule has 0 aliphatic rings. The molecule has 0 aliphatic heterocycles. The molecule has 0 aliphatic carbocycles. The van der Waals surface area contributed by atoms with Crippen molar-refractivity contribution >= 4 is 39.9 Å². The van der Waals surface area contributed by atoms with Gasteiger partial charge in [-0.05, 0) is 59.0 Å². The fourth-order valence-corrected chi connectivity index (χ4v) is 1.90. The smallest absolute Gasteiger partial charge is 0.257 e. The monoisotopic (exact) mass is 353 g/mol. The number of anilines is 2. The van der Waals surface area contributed by atoms with Crippen LogP contribution in [0.3, 0.4) is 0 Å². The van der Waals surface area contributed by atoms with E-state index >= 15 is 0 Å². The number of nitrogen functional groups attached to an aromatic ring is 1. The summed E-state index contributed by atoms with van der Waals surface area (Å²) in [5.41, 5.74) is 4.38. The van der Waals surface area contributed by atoms with E-state index in [-0.39, 0.29) is 5.91 Å². The molecule has 4 N–H and O–H groups in total. The van der Waals surface area contributed by atoms with Crippen LogP contribution in [0, 0.1) is 3.57 Å². The minimum absolute atomic E-state index is 0.190. The lowest BCUT2D eigenvalue weighted by molar-refractivity contribution is 0.102. The second kappa shape index (κ2) is 5.83. The van der Waals surface area contributed by atoms with E-state index in [0.717, 1.165) is 9.26 Å². The summed E-state index contributed by atoms with van der Waals surface area (Å²) >= 11 is 2.21.